The smallest absolute Gasteiger partial charge is 0.255 e. The average molecular weight is 250 g/mol. The zero-order chi connectivity index (χ0) is 13.9. The lowest BCUT2D eigenvalue weighted by Gasteiger charge is -2.25. The number of primary amides is 1. The first-order chi connectivity index (χ1) is 8.21. The number of nitrogens with one attached hydrogen (secondary N) is 1. The fraction of sp³-hybridized carbons (Fsp3) is 0.417. The first-order valence-corrected chi connectivity index (χ1v) is 5.54. The molecule has 0 aromatic carbocycles. The molecule has 0 radical (unpaired) electrons. The van der Waals surface area contributed by atoms with E-state index < -0.39 is 11.4 Å². The average Bonchev–Trinajstić information content (AvgIpc) is 2.13. The Morgan fingerprint density at radius 1 is 1.44 bits per heavy atom. The van der Waals surface area contributed by atoms with E-state index >= 15 is 0 Å². The van der Waals surface area contributed by atoms with Crippen LogP contribution in [0.2, 0.25) is 0 Å². The van der Waals surface area contributed by atoms with Gasteiger partial charge in [0.15, 0.2) is 0 Å². The molecule has 0 unspecified atom stereocenters. The number of pyridine rings is 1. The van der Waals surface area contributed by atoms with E-state index in [2.05, 4.69) is 10.3 Å². The van der Waals surface area contributed by atoms with E-state index in [1.807, 2.05) is 0 Å². The lowest BCUT2D eigenvalue weighted by atomic mass is 9.99. The highest BCUT2D eigenvalue weighted by Gasteiger charge is 2.24. The van der Waals surface area contributed by atoms with Crippen molar-refractivity contribution >= 4 is 17.5 Å². The molecule has 98 valence electrons. The number of anilines is 1. The summed E-state index contributed by atoms with van der Waals surface area (Å²) in [6.07, 6.45) is 1.47. The molecule has 18 heavy (non-hydrogen) atoms. The molecule has 0 aliphatic carbocycles. The SMILES string of the molecule is Cc1cc(N)c(C(=O)NC(C)(C)CC(N)=O)cn1. The van der Waals surface area contributed by atoms with Crippen LogP contribution >= 0.6 is 0 Å². The Labute approximate surface area is 106 Å². The minimum absolute atomic E-state index is 0.0535. The van der Waals surface area contributed by atoms with Crippen molar-refractivity contribution < 1.29 is 9.59 Å². The molecular weight excluding hydrogens is 232 g/mol. The highest BCUT2D eigenvalue weighted by atomic mass is 16.2. The van der Waals surface area contributed by atoms with Crippen LogP contribution in [-0.2, 0) is 4.79 Å². The van der Waals surface area contributed by atoms with Crippen LogP contribution in [0.25, 0.3) is 0 Å². The van der Waals surface area contributed by atoms with Gasteiger partial charge in [-0.15, -0.1) is 0 Å². The van der Waals surface area contributed by atoms with Crippen molar-refractivity contribution in [3.05, 3.63) is 23.5 Å². The number of carbonyl (C=O) groups is 2. The molecule has 1 aromatic rings. The second-order valence-electron chi connectivity index (χ2n) is 4.89. The van der Waals surface area contributed by atoms with Gasteiger partial charge in [-0.2, -0.15) is 0 Å². The van der Waals surface area contributed by atoms with Crippen molar-refractivity contribution in [1.29, 1.82) is 0 Å². The third kappa shape index (κ3) is 3.73. The molecule has 0 saturated carbocycles. The molecule has 0 fully saturated rings. The maximum absolute atomic E-state index is 12.0. The number of aryl methyl sites for hydroxylation is 1. The van der Waals surface area contributed by atoms with Crippen molar-refractivity contribution in [3.63, 3.8) is 0 Å². The molecule has 1 aromatic heterocycles. The van der Waals surface area contributed by atoms with Gasteiger partial charge < -0.3 is 16.8 Å². The summed E-state index contributed by atoms with van der Waals surface area (Å²) in [7, 11) is 0. The van der Waals surface area contributed by atoms with Gasteiger partial charge in [0.05, 0.1) is 5.56 Å². The zero-order valence-electron chi connectivity index (χ0n) is 10.8. The number of hydrogen-bond acceptors (Lipinski definition) is 4. The maximum atomic E-state index is 12.0. The molecule has 0 spiro atoms. The van der Waals surface area contributed by atoms with E-state index in [0.29, 0.717) is 5.69 Å². The largest absolute Gasteiger partial charge is 0.398 e. The zero-order valence-corrected chi connectivity index (χ0v) is 10.8. The van der Waals surface area contributed by atoms with Crippen molar-refractivity contribution in [2.45, 2.75) is 32.7 Å². The van der Waals surface area contributed by atoms with Gasteiger partial charge in [0, 0.05) is 29.5 Å². The summed E-state index contributed by atoms with van der Waals surface area (Å²) in [5.74, 6) is -0.846. The summed E-state index contributed by atoms with van der Waals surface area (Å²) in [5, 5.41) is 2.70. The quantitative estimate of drug-likeness (QED) is 0.716. The molecule has 6 heteroatoms. The van der Waals surface area contributed by atoms with Gasteiger partial charge in [-0.25, -0.2) is 0 Å². The summed E-state index contributed by atoms with van der Waals surface area (Å²) < 4.78 is 0. The highest BCUT2D eigenvalue weighted by molar-refractivity contribution is 5.99. The van der Waals surface area contributed by atoms with Gasteiger partial charge in [-0.05, 0) is 26.8 Å². The molecule has 0 saturated heterocycles. The van der Waals surface area contributed by atoms with Gasteiger partial charge in [0.1, 0.15) is 0 Å². The minimum Gasteiger partial charge on any atom is -0.398 e. The molecule has 6 nitrogen and oxygen atoms in total. The normalized spacial score (nSPS) is 11.1. The first kappa shape index (κ1) is 14.0. The van der Waals surface area contributed by atoms with E-state index in [0.717, 1.165) is 5.69 Å². The fourth-order valence-corrected chi connectivity index (χ4v) is 1.63. The lowest BCUT2D eigenvalue weighted by molar-refractivity contribution is -0.119. The summed E-state index contributed by atoms with van der Waals surface area (Å²) in [6, 6.07) is 1.62. The van der Waals surface area contributed by atoms with Crippen LogP contribution in [0, 0.1) is 6.92 Å². The maximum Gasteiger partial charge on any atom is 0.255 e. The van der Waals surface area contributed by atoms with E-state index in [1.54, 1.807) is 26.8 Å². The fourth-order valence-electron chi connectivity index (χ4n) is 1.63. The van der Waals surface area contributed by atoms with Crippen LogP contribution in [0.1, 0.15) is 36.3 Å². The number of amides is 2. The van der Waals surface area contributed by atoms with Crippen LogP contribution in [0.3, 0.4) is 0 Å². The number of nitrogens with zero attached hydrogens (tertiary/aromatic N) is 1. The van der Waals surface area contributed by atoms with Crippen LogP contribution in [0.5, 0.6) is 0 Å². The predicted octanol–water partition coefficient (Wildman–Crippen LogP) is 0.356. The number of aromatic nitrogens is 1. The summed E-state index contributed by atoms with van der Waals surface area (Å²) in [5.41, 5.74) is 11.5. The molecule has 0 atom stereocenters. The number of nitrogens with two attached hydrogens (primary N) is 2. The Morgan fingerprint density at radius 3 is 2.56 bits per heavy atom. The predicted molar refractivity (Wildman–Crippen MR) is 68.7 cm³/mol. The third-order valence-electron chi connectivity index (χ3n) is 2.39. The molecule has 0 aliphatic heterocycles. The van der Waals surface area contributed by atoms with E-state index in [4.69, 9.17) is 11.5 Å². The number of nitrogen functional groups attached to an aromatic ring is 1. The Morgan fingerprint density at radius 2 is 2.06 bits per heavy atom. The van der Waals surface area contributed by atoms with Gasteiger partial charge in [0.25, 0.3) is 5.91 Å². The molecular formula is C12H18N4O2. The number of rotatable bonds is 4. The van der Waals surface area contributed by atoms with Gasteiger partial charge in [-0.3, -0.25) is 14.6 Å². The highest BCUT2D eigenvalue weighted by Crippen LogP contribution is 2.14. The Hall–Kier alpha value is -2.11. The molecule has 2 amide bonds. The van der Waals surface area contributed by atoms with Crippen molar-refractivity contribution in [1.82, 2.24) is 10.3 Å². The van der Waals surface area contributed by atoms with Gasteiger partial charge in [-0.1, -0.05) is 0 Å². The lowest BCUT2D eigenvalue weighted by Crippen LogP contribution is -2.46. The second kappa shape index (κ2) is 5.03. The molecule has 0 bridgehead atoms. The van der Waals surface area contributed by atoms with Gasteiger partial charge in [0.2, 0.25) is 5.91 Å². The molecule has 0 aliphatic rings. The van der Waals surface area contributed by atoms with Crippen LogP contribution in [0.15, 0.2) is 12.3 Å². The summed E-state index contributed by atoms with van der Waals surface area (Å²) in [4.78, 5) is 26.9. The Bertz CT molecular complexity index is 483. The van der Waals surface area contributed by atoms with Crippen molar-refractivity contribution in [3.8, 4) is 0 Å². The summed E-state index contributed by atoms with van der Waals surface area (Å²) >= 11 is 0. The third-order valence-corrected chi connectivity index (χ3v) is 2.39. The van der Waals surface area contributed by atoms with E-state index in [9.17, 15) is 9.59 Å². The summed E-state index contributed by atoms with van der Waals surface area (Å²) in [6.45, 7) is 5.22. The molecule has 1 rings (SSSR count). The van der Waals surface area contributed by atoms with Crippen LogP contribution in [0.4, 0.5) is 5.69 Å². The Balaban J connectivity index is 2.85. The topological polar surface area (TPSA) is 111 Å². The van der Waals surface area contributed by atoms with E-state index in [1.165, 1.54) is 6.20 Å². The first-order valence-electron chi connectivity index (χ1n) is 5.54. The van der Waals surface area contributed by atoms with Crippen molar-refractivity contribution in [2.24, 2.45) is 5.73 Å². The van der Waals surface area contributed by atoms with E-state index in [-0.39, 0.29) is 17.9 Å². The number of hydrogen-bond donors (Lipinski definition) is 3. The van der Waals surface area contributed by atoms with Crippen molar-refractivity contribution in [2.75, 3.05) is 5.73 Å². The minimum atomic E-state index is -0.722. The molecule has 5 N–H and O–H groups in total. The standard InChI is InChI=1S/C12H18N4O2/c1-7-4-9(13)8(6-15-7)11(18)16-12(2,3)5-10(14)17/h4,6H,5H2,1-3H3,(H2,13,15)(H2,14,17)(H,16,18). The van der Waals surface area contributed by atoms with Gasteiger partial charge >= 0.3 is 0 Å². The van der Waals surface area contributed by atoms with Crippen LogP contribution in [-0.4, -0.2) is 22.3 Å². The Kier molecular flexibility index (Phi) is 3.90. The monoisotopic (exact) mass is 250 g/mol. The number of carbonyl (C=O) groups excluding carboxylic acids is 2. The second-order valence-corrected chi connectivity index (χ2v) is 4.89. The van der Waals surface area contributed by atoms with Crippen LogP contribution < -0.4 is 16.8 Å². The molecule has 1 heterocycles.